The standard InChI is InChI=1S/C20H27N5O3/c1-14-10-15(4-7-21-14)19(26)25-8-5-20(6-9-25)11-16(24(2)13-20)18-22-17(12-27-3)28-23-18/h4,7,10,16H,5-6,8-9,11-13H2,1-3H3. The summed E-state index contributed by atoms with van der Waals surface area (Å²) >= 11 is 0. The Morgan fingerprint density at radius 2 is 2.18 bits per heavy atom. The van der Waals surface area contributed by atoms with E-state index in [9.17, 15) is 4.79 Å². The quantitative estimate of drug-likeness (QED) is 0.798. The number of hydrogen-bond acceptors (Lipinski definition) is 7. The Hall–Kier alpha value is -2.32. The molecule has 0 bridgehead atoms. The first-order valence-corrected chi connectivity index (χ1v) is 9.73. The van der Waals surface area contributed by atoms with E-state index in [0.717, 1.165) is 56.0 Å². The first-order chi connectivity index (χ1) is 13.5. The summed E-state index contributed by atoms with van der Waals surface area (Å²) in [6.07, 6.45) is 4.68. The molecule has 1 spiro atoms. The topological polar surface area (TPSA) is 84.6 Å². The molecule has 8 nitrogen and oxygen atoms in total. The molecule has 28 heavy (non-hydrogen) atoms. The van der Waals surface area contributed by atoms with E-state index in [0.29, 0.717) is 12.5 Å². The van der Waals surface area contributed by atoms with Crippen molar-refractivity contribution in [2.24, 2.45) is 5.41 Å². The summed E-state index contributed by atoms with van der Waals surface area (Å²) in [5.41, 5.74) is 1.79. The van der Waals surface area contributed by atoms with Gasteiger partial charge in [-0.1, -0.05) is 5.16 Å². The lowest BCUT2D eigenvalue weighted by molar-refractivity contribution is 0.0593. The van der Waals surface area contributed by atoms with Gasteiger partial charge in [-0.05, 0) is 50.8 Å². The largest absolute Gasteiger partial charge is 0.375 e. The molecule has 150 valence electrons. The van der Waals surface area contributed by atoms with E-state index < -0.39 is 0 Å². The fourth-order valence-electron chi connectivity index (χ4n) is 4.55. The van der Waals surface area contributed by atoms with Gasteiger partial charge in [-0.15, -0.1) is 0 Å². The van der Waals surface area contributed by atoms with Gasteiger partial charge in [0.1, 0.15) is 6.61 Å². The van der Waals surface area contributed by atoms with Crippen molar-refractivity contribution in [3.63, 3.8) is 0 Å². The van der Waals surface area contributed by atoms with Crippen LogP contribution < -0.4 is 0 Å². The number of hydrogen-bond donors (Lipinski definition) is 0. The fraction of sp³-hybridized carbons (Fsp3) is 0.600. The highest BCUT2D eigenvalue weighted by atomic mass is 16.5. The van der Waals surface area contributed by atoms with Crippen molar-refractivity contribution in [3.8, 4) is 0 Å². The summed E-state index contributed by atoms with van der Waals surface area (Å²) < 4.78 is 10.3. The third kappa shape index (κ3) is 3.66. The van der Waals surface area contributed by atoms with Crippen LogP contribution in [-0.4, -0.2) is 64.6 Å². The molecule has 0 radical (unpaired) electrons. The summed E-state index contributed by atoms with van der Waals surface area (Å²) in [5, 5.41) is 4.16. The molecule has 2 aliphatic rings. The molecule has 4 rings (SSSR count). The smallest absolute Gasteiger partial charge is 0.253 e. The minimum absolute atomic E-state index is 0.102. The number of piperidine rings is 1. The Labute approximate surface area is 164 Å². The second-order valence-electron chi connectivity index (χ2n) is 8.09. The summed E-state index contributed by atoms with van der Waals surface area (Å²) in [5.74, 6) is 1.35. The predicted molar refractivity (Wildman–Crippen MR) is 102 cm³/mol. The van der Waals surface area contributed by atoms with Crippen LogP contribution in [0.15, 0.2) is 22.9 Å². The molecular formula is C20H27N5O3. The molecular weight excluding hydrogens is 358 g/mol. The van der Waals surface area contributed by atoms with Gasteiger partial charge in [0.2, 0.25) is 0 Å². The number of aromatic nitrogens is 3. The molecule has 0 aromatic carbocycles. The van der Waals surface area contributed by atoms with Gasteiger partial charge in [0.05, 0.1) is 6.04 Å². The van der Waals surface area contributed by atoms with E-state index in [2.05, 4.69) is 27.1 Å². The molecule has 4 heterocycles. The van der Waals surface area contributed by atoms with Crippen LogP contribution in [0.25, 0.3) is 0 Å². The number of carbonyl (C=O) groups excluding carboxylic acids is 1. The van der Waals surface area contributed by atoms with Crippen LogP contribution in [0, 0.1) is 12.3 Å². The van der Waals surface area contributed by atoms with Crippen molar-refractivity contribution in [1.82, 2.24) is 24.9 Å². The highest BCUT2D eigenvalue weighted by molar-refractivity contribution is 5.94. The molecule has 1 amide bonds. The van der Waals surface area contributed by atoms with Crippen LogP contribution in [0.3, 0.4) is 0 Å². The minimum Gasteiger partial charge on any atom is -0.375 e. The molecule has 2 aliphatic heterocycles. The van der Waals surface area contributed by atoms with Crippen molar-refractivity contribution >= 4 is 5.91 Å². The molecule has 1 unspecified atom stereocenters. The Morgan fingerprint density at radius 3 is 2.89 bits per heavy atom. The first-order valence-electron chi connectivity index (χ1n) is 9.73. The molecule has 2 fully saturated rings. The predicted octanol–water partition coefficient (Wildman–Crippen LogP) is 2.22. The van der Waals surface area contributed by atoms with Gasteiger partial charge >= 0.3 is 0 Å². The second-order valence-corrected chi connectivity index (χ2v) is 8.09. The third-order valence-corrected chi connectivity index (χ3v) is 6.05. The van der Waals surface area contributed by atoms with E-state index in [1.54, 1.807) is 19.4 Å². The van der Waals surface area contributed by atoms with Crippen LogP contribution in [0.4, 0.5) is 0 Å². The Balaban J connectivity index is 1.40. The zero-order valence-corrected chi connectivity index (χ0v) is 16.7. The van der Waals surface area contributed by atoms with Crippen molar-refractivity contribution < 1.29 is 14.1 Å². The highest BCUT2D eigenvalue weighted by Gasteiger charge is 2.46. The zero-order chi connectivity index (χ0) is 19.7. The number of aryl methyl sites for hydroxylation is 1. The van der Waals surface area contributed by atoms with E-state index in [1.165, 1.54) is 0 Å². The molecule has 1 atom stereocenters. The molecule has 2 saturated heterocycles. The van der Waals surface area contributed by atoms with Crippen LogP contribution in [-0.2, 0) is 11.3 Å². The third-order valence-electron chi connectivity index (χ3n) is 6.05. The SMILES string of the molecule is COCc1nc(C2CC3(CCN(C(=O)c4ccnc(C)c4)CC3)CN2C)no1. The number of ether oxygens (including phenoxy) is 1. The molecule has 2 aromatic rings. The van der Waals surface area contributed by atoms with E-state index in [-0.39, 0.29) is 17.4 Å². The maximum absolute atomic E-state index is 12.8. The van der Waals surface area contributed by atoms with Crippen LogP contribution in [0.2, 0.25) is 0 Å². The number of pyridine rings is 1. The van der Waals surface area contributed by atoms with E-state index in [4.69, 9.17) is 9.26 Å². The van der Waals surface area contributed by atoms with E-state index >= 15 is 0 Å². The van der Waals surface area contributed by atoms with Crippen molar-refractivity contribution in [2.75, 3.05) is 33.8 Å². The Bertz CT molecular complexity index is 844. The lowest BCUT2D eigenvalue weighted by Gasteiger charge is -2.39. The first kappa shape index (κ1) is 19.0. The highest BCUT2D eigenvalue weighted by Crippen LogP contribution is 2.47. The normalized spacial score (nSPS) is 22.1. The number of carbonyl (C=O) groups is 1. The Kier molecular flexibility index (Phi) is 5.16. The average molecular weight is 385 g/mol. The van der Waals surface area contributed by atoms with Gasteiger partial charge in [-0.3, -0.25) is 14.7 Å². The van der Waals surface area contributed by atoms with Gasteiger partial charge in [0, 0.05) is 44.2 Å². The lowest BCUT2D eigenvalue weighted by atomic mass is 9.76. The van der Waals surface area contributed by atoms with Gasteiger partial charge < -0.3 is 14.2 Å². The monoisotopic (exact) mass is 385 g/mol. The second kappa shape index (κ2) is 7.60. The number of amides is 1. The number of rotatable bonds is 4. The van der Waals surface area contributed by atoms with Crippen molar-refractivity contribution in [3.05, 3.63) is 41.3 Å². The van der Waals surface area contributed by atoms with Gasteiger partial charge in [-0.25, -0.2) is 0 Å². The fourth-order valence-corrected chi connectivity index (χ4v) is 4.55. The maximum atomic E-state index is 12.8. The summed E-state index contributed by atoms with van der Waals surface area (Å²) in [6.45, 7) is 4.79. The van der Waals surface area contributed by atoms with Crippen molar-refractivity contribution in [1.29, 1.82) is 0 Å². The van der Waals surface area contributed by atoms with Crippen LogP contribution in [0.1, 0.15) is 53.1 Å². The number of nitrogens with zero attached hydrogens (tertiary/aromatic N) is 5. The molecule has 2 aromatic heterocycles. The van der Waals surface area contributed by atoms with Crippen LogP contribution >= 0.6 is 0 Å². The number of likely N-dealkylation sites (tertiary alicyclic amines) is 2. The lowest BCUT2D eigenvalue weighted by Crippen LogP contribution is -2.44. The van der Waals surface area contributed by atoms with Crippen LogP contribution in [0.5, 0.6) is 0 Å². The summed E-state index contributed by atoms with van der Waals surface area (Å²) in [6, 6.07) is 3.81. The number of methoxy groups -OCH3 is 1. The maximum Gasteiger partial charge on any atom is 0.253 e. The zero-order valence-electron chi connectivity index (χ0n) is 16.7. The van der Waals surface area contributed by atoms with Crippen molar-refractivity contribution in [2.45, 2.75) is 38.8 Å². The summed E-state index contributed by atoms with van der Waals surface area (Å²) in [4.78, 5) is 25.8. The minimum atomic E-state index is 0.102. The molecule has 0 aliphatic carbocycles. The Morgan fingerprint density at radius 1 is 1.39 bits per heavy atom. The molecule has 0 N–H and O–H groups in total. The molecule has 0 saturated carbocycles. The average Bonchev–Trinajstić information content (AvgIpc) is 3.27. The summed E-state index contributed by atoms with van der Waals surface area (Å²) in [7, 11) is 3.73. The molecule has 8 heteroatoms. The van der Waals surface area contributed by atoms with Gasteiger partial charge in [0.25, 0.3) is 11.8 Å². The van der Waals surface area contributed by atoms with E-state index in [1.807, 2.05) is 17.9 Å². The van der Waals surface area contributed by atoms with Gasteiger partial charge in [-0.2, -0.15) is 4.98 Å². The van der Waals surface area contributed by atoms with Gasteiger partial charge in [0.15, 0.2) is 5.82 Å².